The second-order valence-corrected chi connectivity index (χ2v) is 4.87. The molecule has 0 aromatic heterocycles. The van der Waals surface area contributed by atoms with E-state index in [-0.39, 0.29) is 6.04 Å². The average molecular weight is 255 g/mol. The minimum Gasteiger partial charge on any atom is -0.391 e. The van der Waals surface area contributed by atoms with Crippen molar-refractivity contribution in [3.05, 3.63) is 60.2 Å². The van der Waals surface area contributed by atoms with Gasteiger partial charge in [-0.15, -0.1) is 0 Å². The van der Waals surface area contributed by atoms with E-state index in [2.05, 4.69) is 31.2 Å². The third kappa shape index (κ3) is 3.43. The quantitative estimate of drug-likeness (QED) is 0.858. The van der Waals surface area contributed by atoms with E-state index in [4.69, 9.17) is 5.73 Å². The first kappa shape index (κ1) is 13.8. The first-order valence-corrected chi connectivity index (χ1v) is 6.81. The lowest BCUT2D eigenvalue weighted by Gasteiger charge is -2.19. The summed E-state index contributed by atoms with van der Waals surface area (Å²) in [5.41, 5.74) is 9.41. The normalized spacial score (nSPS) is 14.1. The van der Waals surface area contributed by atoms with E-state index in [1.54, 1.807) is 0 Å². The Morgan fingerprint density at radius 1 is 1.00 bits per heavy atom. The van der Waals surface area contributed by atoms with E-state index in [1.165, 1.54) is 5.56 Å². The second-order valence-electron chi connectivity index (χ2n) is 4.87. The standard InChI is InChI=1S/C17H21NO/c1-2-7-16(19)17(18)15-11-6-10-14(12-15)13-8-4-3-5-9-13/h3-6,8-12,16-17,19H,2,7,18H2,1H3/t16-,17+/m1/s1. The van der Waals surface area contributed by atoms with Gasteiger partial charge in [0.25, 0.3) is 0 Å². The highest BCUT2D eigenvalue weighted by Gasteiger charge is 2.16. The molecule has 0 heterocycles. The molecule has 0 bridgehead atoms. The zero-order valence-electron chi connectivity index (χ0n) is 11.3. The number of hydrogen-bond acceptors (Lipinski definition) is 2. The number of nitrogens with two attached hydrogens (primary N) is 1. The largest absolute Gasteiger partial charge is 0.391 e. The van der Waals surface area contributed by atoms with Gasteiger partial charge >= 0.3 is 0 Å². The van der Waals surface area contributed by atoms with Crippen LogP contribution in [0, 0.1) is 0 Å². The molecule has 19 heavy (non-hydrogen) atoms. The number of rotatable bonds is 5. The summed E-state index contributed by atoms with van der Waals surface area (Å²) in [4.78, 5) is 0. The Labute approximate surface area is 114 Å². The van der Waals surface area contributed by atoms with E-state index in [0.29, 0.717) is 0 Å². The fourth-order valence-electron chi connectivity index (χ4n) is 2.25. The van der Waals surface area contributed by atoms with Crippen LogP contribution >= 0.6 is 0 Å². The molecule has 0 spiro atoms. The van der Waals surface area contributed by atoms with Crippen molar-refractivity contribution in [2.75, 3.05) is 0 Å². The summed E-state index contributed by atoms with van der Waals surface area (Å²) in [5.74, 6) is 0. The molecule has 0 unspecified atom stereocenters. The first-order valence-electron chi connectivity index (χ1n) is 6.81. The van der Waals surface area contributed by atoms with E-state index >= 15 is 0 Å². The Hall–Kier alpha value is -1.64. The summed E-state index contributed by atoms with van der Waals surface area (Å²) in [6.45, 7) is 2.05. The predicted molar refractivity (Wildman–Crippen MR) is 79.7 cm³/mol. The van der Waals surface area contributed by atoms with Crippen LogP contribution in [0.1, 0.15) is 31.4 Å². The van der Waals surface area contributed by atoms with Crippen LogP contribution in [-0.4, -0.2) is 11.2 Å². The maximum Gasteiger partial charge on any atom is 0.0732 e. The monoisotopic (exact) mass is 255 g/mol. The van der Waals surface area contributed by atoms with Gasteiger partial charge in [-0.25, -0.2) is 0 Å². The van der Waals surface area contributed by atoms with E-state index in [0.717, 1.165) is 24.0 Å². The molecule has 2 nitrogen and oxygen atoms in total. The lowest BCUT2D eigenvalue weighted by molar-refractivity contribution is 0.134. The molecule has 0 saturated carbocycles. The average Bonchev–Trinajstić information content (AvgIpc) is 2.48. The molecular weight excluding hydrogens is 234 g/mol. The molecule has 0 aliphatic carbocycles. The molecule has 0 fully saturated rings. The van der Waals surface area contributed by atoms with Crippen molar-refractivity contribution >= 4 is 0 Å². The molecule has 0 aliphatic rings. The van der Waals surface area contributed by atoms with E-state index < -0.39 is 6.10 Å². The van der Waals surface area contributed by atoms with Gasteiger partial charge in [-0.05, 0) is 29.2 Å². The number of aliphatic hydroxyl groups excluding tert-OH is 1. The van der Waals surface area contributed by atoms with Gasteiger partial charge in [-0.1, -0.05) is 61.9 Å². The molecule has 2 heteroatoms. The second kappa shape index (κ2) is 6.50. The van der Waals surface area contributed by atoms with Gasteiger partial charge in [0.2, 0.25) is 0 Å². The van der Waals surface area contributed by atoms with Crippen LogP contribution in [0.15, 0.2) is 54.6 Å². The van der Waals surface area contributed by atoms with Gasteiger partial charge < -0.3 is 10.8 Å². The summed E-state index contributed by atoms with van der Waals surface area (Å²) < 4.78 is 0. The van der Waals surface area contributed by atoms with Gasteiger partial charge in [0, 0.05) is 0 Å². The van der Waals surface area contributed by atoms with Crippen molar-refractivity contribution in [1.29, 1.82) is 0 Å². The van der Waals surface area contributed by atoms with Gasteiger partial charge in [0.1, 0.15) is 0 Å². The molecular formula is C17H21NO. The fourth-order valence-corrected chi connectivity index (χ4v) is 2.25. The van der Waals surface area contributed by atoms with E-state index in [1.807, 2.05) is 30.3 Å². The Kier molecular flexibility index (Phi) is 4.72. The van der Waals surface area contributed by atoms with Crippen LogP contribution in [-0.2, 0) is 0 Å². The molecule has 0 aliphatic heterocycles. The maximum atomic E-state index is 10.0. The van der Waals surface area contributed by atoms with Crippen LogP contribution in [0.3, 0.4) is 0 Å². The van der Waals surface area contributed by atoms with Crippen LogP contribution < -0.4 is 5.73 Å². The highest BCUT2D eigenvalue weighted by Crippen LogP contribution is 2.24. The third-order valence-electron chi connectivity index (χ3n) is 3.38. The van der Waals surface area contributed by atoms with Crippen molar-refractivity contribution < 1.29 is 5.11 Å². The summed E-state index contributed by atoms with van der Waals surface area (Å²) in [7, 11) is 0. The molecule has 2 aromatic rings. The third-order valence-corrected chi connectivity index (χ3v) is 3.38. The highest BCUT2D eigenvalue weighted by atomic mass is 16.3. The van der Waals surface area contributed by atoms with Crippen LogP contribution in [0.2, 0.25) is 0 Å². The highest BCUT2D eigenvalue weighted by molar-refractivity contribution is 5.64. The number of hydrogen-bond donors (Lipinski definition) is 2. The van der Waals surface area contributed by atoms with Crippen molar-refractivity contribution in [2.24, 2.45) is 5.73 Å². The summed E-state index contributed by atoms with van der Waals surface area (Å²) >= 11 is 0. The van der Waals surface area contributed by atoms with Crippen molar-refractivity contribution in [2.45, 2.75) is 31.9 Å². The molecule has 0 radical (unpaired) electrons. The maximum absolute atomic E-state index is 10.0. The van der Waals surface area contributed by atoms with Crippen LogP contribution in [0.5, 0.6) is 0 Å². The molecule has 2 aromatic carbocycles. The summed E-state index contributed by atoms with van der Waals surface area (Å²) in [6, 6.07) is 18.0. The molecule has 3 N–H and O–H groups in total. The zero-order valence-corrected chi connectivity index (χ0v) is 11.3. The summed E-state index contributed by atoms with van der Waals surface area (Å²) in [5, 5.41) is 10.0. The van der Waals surface area contributed by atoms with Crippen LogP contribution in [0.4, 0.5) is 0 Å². The molecule has 2 atom stereocenters. The molecule has 0 amide bonds. The fraction of sp³-hybridized carbons (Fsp3) is 0.294. The first-order chi connectivity index (χ1) is 9.22. The lowest BCUT2D eigenvalue weighted by Crippen LogP contribution is -2.25. The Morgan fingerprint density at radius 3 is 2.37 bits per heavy atom. The van der Waals surface area contributed by atoms with Crippen molar-refractivity contribution in [1.82, 2.24) is 0 Å². The van der Waals surface area contributed by atoms with Crippen LogP contribution in [0.25, 0.3) is 11.1 Å². The van der Waals surface area contributed by atoms with E-state index in [9.17, 15) is 5.11 Å². The van der Waals surface area contributed by atoms with Crippen molar-refractivity contribution in [3.8, 4) is 11.1 Å². The van der Waals surface area contributed by atoms with Crippen molar-refractivity contribution in [3.63, 3.8) is 0 Å². The van der Waals surface area contributed by atoms with Gasteiger partial charge in [0.15, 0.2) is 0 Å². The molecule has 2 rings (SSSR count). The minimum atomic E-state index is -0.476. The molecule has 0 saturated heterocycles. The Morgan fingerprint density at radius 2 is 1.68 bits per heavy atom. The molecule has 100 valence electrons. The van der Waals surface area contributed by atoms with Gasteiger partial charge in [0.05, 0.1) is 12.1 Å². The topological polar surface area (TPSA) is 46.2 Å². The SMILES string of the molecule is CCC[C@@H](O)[C@@H](N)c1cccc(-c2ccccc2)c1. The van der Waals surface area contributed by atoms with Gasteiger partial charge in [-0.3, -0.25) is 0 Å². The minimum absolute atomic E-state index is 0.316. The van der Waals surface area contributed by atoms with Gasteiger partial charge in [-0.2, -0.15) is 0 Å². The lowest BCUT2D eigenvalue weighted by atomic mass is 9.95. The smallest absolute Gasteiger partial charge is 0.0732 e. The Balaban J connectivity index is 2.25. The predicted octanol–water partition coefficient (Wildman–Crippen LogP) is 3.51. The number of benzene rings is 2. The number of aliphatic hydroxyl groups is 1. The zero-order chi connectivity index (χ0) is 13.7. The summed E-state index contributed by atoms with van der Waals surface area (Å²) in [6.07, 6.45) is 1.19. The Bertz CT molecular complexity index is 510.